The van der Waals surface area contributed by atoms with Crippen LogP contribution in [0.25, 0.3) is 22.6 Å². The van der Waals surface area contributed by atoms with E-state index in [1.165, 1.54) is 0 Å². The van der Waals surface area contributed by atoms with Crippen LogP contribution in [0.2, 0.25) is 0 Å². The maximum absolute atomic E-state index is 12.2. The molecule has 0 fully saturated rings. The van der Waals surface area contributed by atoms with Gasteiger partial charge in [0, 0.05) is 17.2 Å². The number of benzene rings is 2. The Morgan fingerprint density at radius 3 is 2.38 bits per heavy atom. The summed E-state index contributed by atoms with van der Waals surface area (Å²) in [5.74, 6) is 0.133. The fourth-order valence-corrected chi connectivity index (χ4v) is 2.52. The lowest BCUT2D eigenvalue weighted by Crippen LogP contribution is -2.05. The molecule has 6 heteroatoms. The van der Waals surface area contributed by atoms with E-state index in [1.807, 2.05) is 60.7 Å². The van der Waals surface area contributed by atoms with Crippen molar-refractivity contribution in [3.05, 3.63) is 84.2 Å². The lowest BCUT2D eigenvalue weighted by atomic mass is 10.1. The Morgan fingerprint density at radius 1 is 0.962 bits per heavy atom. The maximum atomic E-state index is 12.2. The maximum Gasteiger partial charge on any atom is 0.356 e. The predicted octanol–water partition coefficient (Wildman–Crippen LogP) is 4.09. The first-order valence-corrected chi connectivity index (χ1v) is 8.08. The van der Waals surface area contributed by atoms with Crippen molar-refractivity contribution in [2.75, 3.05) is 0 Å². The van der Waals surface area contributed by atoms with E-state index in [-0.39, 0.29) is 12.3 Å². The fourth-order valence-electron chi connectivity index (χ4n) is 2.52. The molecule has 2 aromatic heterocycles. The van der Waals surface area contributed by atoms with Crippen LogP contribution < -0.4 is 0 Å². The molecule has 4 aromatic rings. The van der Waals surface area contributed by atoms with Gasteiger partial charge in [-0.2, -0.15) is 5.10 Å². The SMILES string of the molecule is O=C(OCc1cc(-c2ccccc2)on1)c1cc(-c2ccccc2)n[nH]1. The van der Waals surface area contributed by atoms with E-state index in [9.17, 15) is 4.79 Å². The molecule has 1 N–H and O–H groups in total. The van der Waals surface area contributed by atoms with Gasteiger partial charge in [0.05, 0.1) is 5.69 Å². The highest BCUT2D eigenvalue weighted by Crippen LogP contribution is 2.21. The van der Waals surface area contributed by atoms with Crippen LogP contribution in [-0.2, 0) is 11.3 Å². The van der Waals surface area contributed by atoms with Gasteiger partial charge in [0.2, 0.25) is 0 Å². The monoisotopic (exact) mass is 345 g/mol. The number of carbonyl (C=O) groups excluding carboxylic acids is 1. The highest BCUT2D eigenvalue weighted by Gasteiger charge is 2.14. The summed E-state index contributed by atoms with van der Waals surface area (Å²) in [6.45, 7) is 0.0227. The fraction of sp³-hybridized carbons (Fsp3) is 0.0500. The van der Waals surface area contributed by atoms with E-state index < -0.39 is 5.97 Å². The second kappa shape index (κ2) is 7.06. The lowest BCUT2D eigenvalue weighted by molar-refractivity contribution is 0.0457. The molecule has 0 aliphatic rings. The first-order chi connectivity index (χ1) is 12.8. The molecule has 0 saturated carbocycles. The van der Waals surface area contributed by atoms with E-state index in [0.717, 1.165) is 11.1 Å². The molecule has 0 radical (unpaired) electrons. The largest absolute Gasteiger partial charge is 0.454 e. The quantitative estimate of drug-likeness (QED) is 0.551. The summed E-state index contributed by atoms with van der Waals surface area (Å²) in [7, 11) is 0. The van der Waals surface area contributed by atoms with Crippen molar-refractivity contribution in [3.8, 4) is 22.6 Å². The van der Waals surface area contributed by atoms with Crippen LogP contribution in [0.1, 0.15) is 16.2 Å². The minimum Gasteiger partial charge on any atom is -0.454 e. The van der Waals surface area contributed by atoms with Gasteiger partial charge in [0.25, 0.3) is 0 Å². The van der Waals surface area contributed by atoms with Crippen LogP contribution in [-0.4, -0.2) is 21.3 Å². The number of carbonyl (C=O) groups is 1. The van der Waals surface area contributed by atoms with Crippen molar-refractivity contribution in [2.24, 2.45) is 0 Å². The van der Waals surface area contributed by atoms with Gasteiger partial charge in [0.1, 0.15) is 18.0 Å². The molecule has 6 nitrogen and oxygen atoms in total. The van der Waals surface area contributed by atoms with Crippen molar-refractivity contribution in [1.29, 1.82) is 0 Å². The molecule has 4 rings (SSSR count). The Hall–Kier alpha value is -3.67. The Labute approximate surface area is 149 Å². The molecule has 0 unspecified atom stereocenters. The average Bonchev–Trinajstić information content (AvgIpc) is 3.37. The van der Waals surface area contributed by atoms with E-state index in [1.54, 1.807) is 12.1 Å². The van der Waals surface area contributed by atoms with Gasteiger partial charge in [0.15, 0.2) is 5.76 Å². The van der Waals surface area contributed by atoms with Crippen LogP contribution in [0.15, 0.2) is 77.3 Å². The third-order valence-corrected chi connectivity index (χ3v) is 3.84. The number of aromatic amines is 1. The molecule has 0 aliphatic heterocycles. The molecule has 0 saturated heterocycles. The van der Waals surface area contributed by atoms with Gasteiger partial charge in [-0.05, 0) is 6.07 Å². The van der Waals surface area contributed by atoms with Crippen LogP contribution in [0.3, 0.4) is 0 Å². The Bertz CT molecular complexity index is 1010. The zero-order valence-electron chi connectivity index (χ0n) is 13.8. The third kappa shape index (κ3) is 3.39. The molecule has 128 valence electrons. The van der Waals surface area contributed by atoms with Gasteiger partial charge in [-0.15, -0.1) is 0 Å². The topological polar surface area (TPSA) is 81.0 Å². The van der Waals surface area contributed by atoms with E-state index in [2.05, 4.69) is 15.4 Å². The Morgan fingerprint density at radius 2 is 1.65 bits per heavy atom. The minimum absolute atomic E-state index is 0.0227. The molecular formula is C20H15N3O3. The number of hydrogen-bond donors (Lipinski definition) is 1. The molecular weight excluding hydrogens is 330 g/mol. The summed E-state index contributed by atoms with van der Waals surface area (Å²) in [4.78, 5) is 12.2. The molecule has 26 heavy (non-hydrogen) atoms. The normalized spacial score (nSPS) is 10.6. The molecule has 0 bridgehead atoms. The molecule has 0 atom stereocenters. The molecule has 0 aliphatic carbocycles. The standard InChI is InChI=1S/C20H15N3O3/c24-20(18-12-17(21-22-18)14-7-3-1-4-8-14)25-13-16-11-19(26-23-16)15-9-5-2-6-10-15/h1-12H,13H2,(H,21,22). The first kappa shape index (κ1) is 15.8. The predicted molar refractivity (Wildman–Crippen MR) is 95.1 cm³/mol. The molecule has 0 amide bonds. The van der Waals surface area contributed by atoms with Crippen LogP contribution in [0.4, 0.5) is 0 Å². The summed E-state index contributed by atoms with van der Waals surface area (Å²) in [6.07, 6.45) is 0. The number of esters is 1. The van der Waals surface area contributed by atoms with Crippen molar-refractivity contribution in [2.45, 2.75) is 6.61 Å². The number of nitrogens with zero attached hydrogens (tertiary/aromatic N) is 2. The summed E-state index contributed by atoms with van der Waals surface area (Å²) in [6, 6.07) is 22.6. The summed E-state index contributed by atoms with van der Waals surface area (Å²) >= 11 is 0. The molecule has 2 aromatic carbocycles. The second-order valence-electron chi connectivity index (χ2n) is 5.66. The lowest BCUT2D eigenvalue weighted by Gasteiger charge is -1.99. The summed E-state index contributed by atoms with van der Waals surface area (Å²) in [5.41, 5.74) is 3.35. The van der Waals surface area contributed by atoms with E-state index in [4.69, 9.17) is 9.26 Å². The Kier molecular flexibility index (Phi) is 4.30. The van der Waals surface area contributed by atoms with Crippen molar-refractivity contribution >= 4 is 5.97 Å². The van der Waals surface area contributed by atoms with Gasteiger partial charge in [-0.25, -0.2) is 4.79 Å². The average molecular weight is 345 g/mol. The highest BCUT2D eigenvalue weighted by molar-refractivity contribution is 5.88. The summed E-state index contributed by atoms with van der Waals surface area (Å²) in [5, 5.41) is 10.8. The zero-order chi connectivity index (χ0) is 17.8. The Balaban J connectivity index is 1.40. The van der Waals surface area contributed by atoms with E-state index >= 15 is 0 Å². The first-order valence-electron chi connectivity index (χ1n) is 8.08. The number of hydrogen-bond acceptors (Lipinski definition) is 5. The number of ether oxygens (including phenoxy) is 1. The zero-order valence-corrected chi connectivity index (χ0v) is 13.8. The second-order valence-corrected chi connectivity index (χ2v) is 5.66. The van der Waals surface area contributed by atoms with Gasteiger partial charge < -0.3 is 9.26 Å². The van der Waals surface area contributed by atoms with Crippen molar-refractivity contribution in [3.63, 3.8) is 0 Å². The van der Waals surface area contributed by atoms with Crippen molar-refractivity contribution in [1.82, 2.24) is 15.4 Å². The van der Waals surface area contributed by atoms with E-state index in [0.29, 0.717) is 17.1 Å². The van der Waals surface area contributed by atoms with Crippen LogP contribution >= 0.6 is 0 Å². The summed E-state index contributed by atoms with van der Waals surface area (Å²) < 4.78 is 10.6. The number of rotatable bonds is 5. The number of H-pyrrole nitrogens is 1. The van der Waals surface area contributed by atoms with Gasteiger partial charge in [-0.1, -0.05) is 65.8 Å². The minimum atomic E-state index is -0.496. The smallest absolute Gasteiger partial charge is 0.356 e. The molecule has 0 spiro atoms. The molecule has 2 heterocycles. The van der Waals surface area contributed by atoms with Crippen LogP contribution in [0, 0.1) is 0 Å². The number of nitrogens with one attached hydrogen (secondary N) is 1. The number of aromatic nitrogens is 3. The van der Waals surface area contributed by atoms with Gasteiger partial charge >= 0.3 is 5.97 Å². The highest BCUT2D eigenvalue weighted by atomic mass is 16.5. The third-order valence-electron chi connectivity index (χ3n) is 3.84. The van der Waals surface area contributed by atoms with Crippen LogP contribution in [0.5, 0.6) is 0 Å². The van der Waals surface area contributed by atoms with Gasteiger partial charge in [-0.3, -0.25) is 5.10 Å². The van der Waals surface area contributed by atoms with Crippen molar-refractivity contribution < 1.29 is 14.1 Å².